The lowest BCUT2D eigenvalue weighted by atomic mass is 10.0. The lowest BCUT2D eigenvalue weighted by Gasteiger charge is -2.11. The van der Waals surface area contributed by atoms with Gasteiger partial charge < -0.3 is 0 Å². The van der Waals surface area contributed by atoms with Crippen molar-refractivity contribution in [3.05, 3.63) is 42.3 Å². The minimum absolute atomic E-state index is 0.229. The normalized spacial score (nSPS) is 11.7. The molecule has 0 spiro atoms. The Hall–Kier alpha value is -0.990. The Bertz CT molecular complexity index is 276. The van der Waals surface area contributed by atoms with Crippen molar-refractivity contribution >= 4 is 0 Å². The number of alkyl halides is 3. The minimum Gasteiger partial charge on any atom is -0.166 e. The number of aryl methyl sites for hydroxylation is 1. The first-order chi connectivity index (χ1) is 6.05. The standard InChI is InChI=1S/C10H9F3/c1-2-5-8-6-3-4-7-9(8)10(11,12)13/h1,3-4,6-7H,2,5H2. The monoisotopic (exact) mass is 186 g/mol. The Morgan fingerprint density at radius 2 is 1.77 bits per heavy atom. The highest BCUT2D eigenvalue weighted by Gasteiger charge is 2.32. The van der Waals surface area contributed by atoms with Gasteiger partial charge in [0.05, 0.1) is 5.56 Å². The van der Waals surface area contributed by atoms with Gasteiger partial charge in [0, 0.05) is 0 Å². The SMILES string of the molecule is [CH]CCc1ccccc1C(F)(F)F. The summed E-state index contributed by atoms with van der Waals surface area (Å²) in [5.41, 5.74) is -0.321. The predicted octanol–water partition coefficient (Wildman–Crippen LogP) is 3.35. The van der Waals surface area contributed by atoms with Gasteiger partial charge >= 0.3 is 6.18 Å². The molecule has 0 aromatic heterocycles. The van der Waals surface area contributed by atoms with Gasteiger partial charge in [0.15, 0.2) is 0 Å². The Morgan fingerprint density at radius 3 is 2.31 bits per heavy atom. The van der Waals surface area contributed by atoms with Crippen molar-refractivity contribution in [2.75, 3.05) is 0 Å². The highest BCUT2D eigenvalue weighted by molar-refractivity contribution is 5.29. The van der Waals surface area contributed by atoms with Gasteiger partial charge in [0.25, 0.3) is 0 Å². The smallest absolute Gasteiger partial charge is 0.166 e. The maximum atomic E-state index is 12.3. The van der Waals surface area contributed by atoms with Crippen molar-refractivity contribution in [2.45, 2.75) is 19.0 Å². The third-order valence-corrected chi connectivity index (χ3v) is 1.74. The highest BCUT2D eigenvalue weighted by Crippen LogP contribution is 2.32. The van der Waals surface area contributed by atoms with E-state index >= 15 is 0 Å². The van der Waals surface area contributed by atoms with Crippen LogP contribution >= 0.6 is 0 Å². The van der Waals surface area contributed by atoms with E-state index in [0.29, 0.717) is 0 Å². The van der Waals surface area contributed by atoms with Gasteiger partial charge in [-0.05, 0) is 31.4 Å². The van der Waals surface area contributed by atoms with Gasteiger partial charge in [-0.1, -0.05) is 18.2 Å². The van der Waals surface area contributed by atoms with Gasteiger partial charge in [-0.3, -0.25) is 0 Å². The molecule has 0 aliphatic rings. The summed E-state index contributed by atoms with van der Waals surface area (Å²) in [5.74, 6) is 0. The molecule has 0 atom stereocenters. The van der Waals surface area contributed by atoms with E-state index in [2.05, 4.69) is 0 Å². The Kier molecular flexibility index (Phi) is 2.96. The lowest BCUT2D eigenvalue weighted by molar-refractivity contribution is -0.138. The quantitative estimate of drug-likeness (QED) is 0.664. The van der Waals surface area contributed by atoms with Gasteiger partial charge in [-0.25, -0.2) is 0 Å². The van der Waals surface area contributed by atoms with Crippen molar-refractivity contribution in [3.63, 3.8) is 0 Å². The fourth-order valence-corrected chi connectivity index (χ4v) is 1.17. The molecular weight excluding hydrogens is 177 g/mol. The molecule has 1 rings (SSSR count). The molecule has 0 amide bonds. The van der Waals surface area contributed by atoms with E-state index in [0.717, 1.165) is 6.07 Å². The molecule has 2 radical (unpaired) electrons. The van der Waals surface area contributed by atoms with Crippen LogP contribution in [0.15, 0.2) is 24.3 Å². The molecule has 0 fully saturated rings. The summed E-state index contributed by atoms with van der Waals surface area (Å²) >= 11 is 0. The average molecular weight is 186 g/mol. The highest BCUT2D eigenvalue weighted by atomic mass is 19.4. The molecule has 0 N–H and O–H groups in total. The van der Waals surface area contributed by atoms with E-state index < -0.39 is 11.7 Å². The first-order valence-electron chi connectivity index (χ1n) is 3.91. The largest absolute Gasteiger partial charge is 0.416 e. The topological polar surface area (TPSA) is 0 Å². The van der Waals surface area contributed by atoms with Crippen LogP contribution in [0.3, 0.4) is 0 Å². The van der Waals surface area contributed by atoms with E-state index in [-0.39, 0.29) is 18.4 Å². The maximum absolute atomic E-state index is 12.3. The van der Waals surface area contributed by atoms with Crippen molar-refractivity contribution in [1.82, 2.24) is 0 Å². The van der Waals surface area contributed by atoms with Gasteiger partial charge in [0.1, 0.15) is 0 Å². The van der Waals surface area contributed by atoms with E-state index in [1.165, 1.54) is 12.1 Å². The van der Waals surface area contributed by atoms with Crippen LogP contribution in [0.5, 0.6) is 0 Å². The molecule has 0 saturated heterocycles. The summed E-state index contributed by atoms with van der Waals surface area (Å²) in [6.45, 7) is 5.21. The van der Waals surface area contributed by atoms with Gasteiger partial charge in [-0.15, -0.1) is 0 Å². The first-order valence-corrected chi connectivity index (χ1v) is 3.91. The number of benzene rings is 1. The minimum atomic E-state index is -4.27. The zero-order valence-corrected chi connectivity index (χ0v) is 6.93. The molecule has 0 aliphatic heterocycles. The molecule has 70 valence electrons. The van der Waals surface area contributed by atoms with Crippen molar-refractivity contribution < 1.29 is 13.2 Å². The summed E-state index contributed by atoms with van der Waals surface area (Å²) < 4.78 is 37.0. The molecule has 0 aliphatic carbocycles. The number of hydrogen-bond donors (Lipinski definition) is 0. The van der Waals surface area contributed by atoms with E-state index in [1.807, 2.05) is 0 Å². The van der Waals surface area contributed by atoms with Crippen molar-refractivity contribution in [3.8, 4) is 0 Å². The molecular formula is C10H9F3. The van der Waals surface area contributed by atoms with Crippen LogP contribution in [0.1, 0.15) is 17.5 Å². The van der Waals surface area contributed by atoms with Crippen molar-refractivity contribution in [1.29, 1.82) is 0 Å². The average Bonchev–Trinajstić information content (AvgIpc) is 2.04. The second kappa shape index (κ2) is 3.81. The zero-order chi connectivity index (χ0) is 9.90. The summed E-state index contributed by atoms with van der Waals surface area (Å²) in [6, 6.07) is 5.49. The van der Waals surface area contributed by atoms with Crippen molar-refractivity contribution in [2.24, 2.45) is 0 Å². The van der Waals surface area contributed by atoms with Gasteiger partial charge in [0.2, 0.25) is 0 Å². The first kappa shape index (κ1) is 10.1. The molecule has 0 heterocycles. The van der Waals surface area contributed by atoms with Crippen LogP contribution in [0.2, 0.25) is 0 Å². The lowest BCUT2D eigenvalue weighted by Crippen LogP contribution is -2.08. The Morgan fingerprint density at radius 1 is 1.15 bits per heavy atom. The Labute approximate surface area is 75.4 Å². The maximum Gasteiger partial charge on any atom is 0.416 e. The molecule has 3 heteroatoms. The second-order valence-corrected chi connectivity index (χ2v) is 2.69. The van der Waals surface area contributed by atoms with Crippen LogP contribution in [0.4, 0.5) is 13.2 Å². The Balaban J connectivity index is 3.05. The van der Waals surface area contributed by atoms with E-state index in [9.17, 15) is 13.2 Å². The number of hydrogen-bond acceptors (Lipinski definition) is 0. The number of rotatable bonds is 2. The molecule has 13 heavy (non-hydrogen) atoms. The summed E-state index contributed by atoms with van der Waals surface area (Å²) in [5, 5.41) is 0. The third-order valence-electron chi connectivity index (χ3n) is 1.74. The molecule has 1 aromatic rings. The summed E-state index contributed by atoms with van der Waals surface area (Å²) in [6.07, 6.45) is -3.78. The van der Waals surface area contributed by atoms with Gasteiger partial charge in [-0.2, -0.15) is 13.2 Å². The molecule has 0 nitrogen and oxygen atoms in total. The fraction of sp³-hybridized carbons (Fsp3) is 0.300. The van der Waals surface area contributed by atoms with E-state index in [1.54, 1.807) is 6.07 Å². The van der Waals surface area contributed by atoms with Crippen LogP contribution in [-0.2, 0) is 12.6 Å². The van der Waals surface area contributed by atoms with Crippen LogP contribution in [-0.4, -0.2) is 0 Å². The van der Waals surface area contributed by atoms with Crippen LogP contribution < -0.4 is 0 Å². The number of halogens is 3. The van der Waals surface area contributed by atoms with E-state index in [4.69, 9.17) is 6.92 Å². The van der Waals surface area contributed by atoms with Crippen LogP contribution in [0, 0.1) is 6.92 Å². The third kappa shape index (κ3) is 2.47. The molecule has 0 bridgehead atoms. The predicted molar refractivity (Wildman–Crippen MR) is 44.1 cm³/mol. The molecule has 0 unspecified atom stereocenters. The van der Waals surface area contributed by atoms with Crippen LogP contribution in [0.25, 0.3) is 0 Å². The fourth-order valence-electron chi connectivity index (χ4n) is 1.17. The second-order valence-electron chi connectivity index (χ2n) is 2.69. The summed E-state index contributed by atoms with van der Waals surface area (Å²) in [7, 11) is 0. The zero-order valence-electron chi connectivity index (χ0n) is 6.93. The molecule has 1 aromatic carbocycles. The summed E-state index contributed by atoms with van der Waals surface area (Å²) in [4.78, 5) is 0. The molecule has 0 saturated carbocycles.